The van der Waals surface area contributed by atoms with Crippen LogP contribution in [-0.2, 0) is 6.54 Å². The predicted octanol–water partition coefficient (Wildman–Crippen LogP) is 3.04. The summed E-state index contributed by atoms with van der Waals surface area (Å²) in [7, 11) is 0. The summed E-state index contributed by atoms with van der Waals surface area (Å²) in [6, 6.07) is 5.89. The Morgan fingerprint density at radius 3 is 2.40 bits per heavy atom. The number of nitrogens with one attached hydrogen (secondary N) is 2. The van der Waals surface area contributed by atoms with Crippen molar-refractivity contribution in [2.24, 2.45) is 0 Å². The van der Waals surface area contributed by atoms with Crippen molar-refractivity contribution < 1.29 is 0 Å². The third kappa shape index (κ3) is 3.44. The molecule has 0 spiro atoms. The monoisotopic (exact) mass is 271 g/mol. The molecule has 106 valence electrons. The molecule has 0 fully saturated rings. The minimum Gasteiger partial charge on any atom is -0.370 e. The molecular formula is C15H21N5. The Balaban J connectivity index is 2.20. The van der Waals surface area contributed by atoms with Crippen LogP contribution < -0.4 is 10.6 Å². The number of hydrogen-bond acceptors (Lipinski definition) is 5. The highest BCUT2D eigenvalue weighted by Crippen LogP contribution is 2.28. The van der Waals surface area contributed by atoms with E-state index in [1.54, 1.807) is 12.5 Å². The lowest BCUT2D eigenvalue weighted by atomic mass is 10.0. The smallest absolute Gasteiger partial charge is 0.135 e. The van der Waals surface area contributed by atoms with Gasteiger partial charge in [0.25, 0.3) is 0 Å². The van der Waals surface area contributed by atoms with Crippen LogP contribution >= 0.6 is 0 Å². The van der Waals surface area contributed by atoms with E-state index in [2.05, 4.69) is 46.4 Å². The summed E-state index contributed by atoms with van der Waals surface area (Å²) in [5, 5.41) is 6.65. The average Bonchev–Trinajstić information content (AvgIpc) is 2.46. The first-order valence-corrected chi connectivity index (χ1v) is 6.95. The van der Waals surface area contributed by atoms with E-state index in [0.717, 1.165) is 29.4 Å². The maximum atomic E-state index is 4.37. The Bertz CT molecular complexity index is 539. The molecule has 0 atom stereocenters. The summed E-state index contributed by atoms with van der Waals surface area (Å²) >= 11 is 0. The molecule has 0 aliphatic heterocycles. The van der Waals surface area contributed by atoms with Crippen LogP contribution in [0.5, 0.6) is 0 Å². The third-order valence-electron chi connectivity index (χ3n) is 2.97. The van der Waals surface area contributed by atoms with Gasteiger partial charge in [0.1, 0.15) is 18.0 Å². The molecule has 0 amide bonds. The van der Waals surface area contributed by atoms with Gasteiger partial charge in [0.2, 0.25) is 0 Å². The molecule has 0 saturated carbocycles. The van der Waals surface area contributed by atoms with Gasteiger partial charge in [-0.3, -0.25) is 4.98 Å². The molecule has 2 N–H and O–H groups in total. The lowest BCUT2D eigenvalue weighted by molar-refractivity contribution is 0.842. The van der Waals surface area contributed by atoms with Crippen LogP contribution in [0.4, 0.5) is 11.6 Å². The van der Waals surface area contributed by atoms with Gasteiger partial charge < -0.3 is 10.6 Å². The molecule has 0 bridgehead atoms. The van der Waals surface area contributed by atoms with Crippen LogP contribution in [0.3, 0.4) is 0 Å². The van der Waals surface area contributed by atoms with Crippen molar-refractivity contribution in [1.29, 1.82) is 0 Å². The lowest BCUT2D eigenvalue weighted by Crippen LogP contribution is -2.11. The standard InChI is InChI=1S/C15H21N5/c1-4-16-14-13(11(2)3)15(20-10-19-14)18-9-12-7-5-6-8-17-12/h5-8,10-11H,4,9H2,1-3H3,(H2,16,18,19,20). The quantitative estimate of drug-likeness (QED) is 0.845. The number of anilines is 2. The fourth-order valence-corrected chi connectivity index (χ4v) is 2.07. The van der Waals surface area contributed by atoms with E-state index in [1.807, 2.05) is 18.2 Å². The van der Waals surface area contributed by atoms with Gasteiger partial charge in [0, 0.05) is 18.3 Å². The van der Waals surface area contributed by atoms with Crippen LogP contribution in [0.25, 0.3) is 0 Å². The van der Waals surface area contributed by atoms with Gasteiger partial charge in [-0.1, -0.05) is 19.9 Å². The Hall–Kier alpha value is -2.17. The Morgan fingerprint density at radius 2 is 1.80 bits per heavy atom. The largest absolute Gasteiger partial charge is 0.370 e. The first-order valence-electron chi connectivity index (χ1n) is 6.95. The molecule has 0 aliphatic carbocycles. The van der Waals surface area contributed by atoms with Crippen molar-refractivity contribution in [3.05, 3.63) is 42.0 Å². The minimum absolute atomic E-state index is 0.344. The summed E-state index contributed by atoms with van der Waals surface area (Å²) in [6.07, 6.45) is 3.38. The Morgan fingerprint density at radius 1 is 1.05 bits per heavy atom. The van der Waals surface area contributed by atoms with Gasteiger partial charge in [-0.15, -0.1) is 0 Å². The van der Waals surface area contributed by atoms with Crippen LogP contribution in [0.1, 0.15) is 37.9 Å². The number of nitrogens with zero attached hydrogens (tertiary/aromatic N) is 3. The Labute approximate surface area is 119 Å². The molecule has 0 aromatic carbocycles. The van der Waals surface area contributed by atoms with Crippen molar-refractivity contribution in [3.63, 3.8) is 0 Å². The second-order valence-electron chi connectivity index (χ2n) is 4.84. The highest BCUT2D eigenvalue weighted by Gasteiger charge is 2.14. The fraction of sp³-hybridized carbons (Fsp3) is 0.400. The number of pyridine rings is 1. The summed E-state index contributed by atoms with van der Waals surface area (Å²) < 4.78 is 0. The number of rotatable bonds is 6. The molecule has 2 heterocycles. The Kier molecular flexibility index (Phi) is 4.87. The van der Waals surface area contributed by atoms with E-state index in [-0.39, 0.29) is 0 Å². The molecule has 5 nitrogen and oxygen atoms in total. The zero-order valence-electron chi connectivity index (χ0n) is 12.2. The zero-order chi connectivity index (χ0) is 14.4. The second-order valence-corrected chi connectivity index (χ2v) is 4.84. The van der Waals surface area contributed by atoms with Crippen LogP contribution in [0, 0.1) is 0 Å². The molecule has 2 aromatic heterocycles. The van der Waals surface area contributed by atoms with Crippen LogP contribution in [0.15, 0.2) is 30.7 Å². The second kappa shape index (κ2) is 6.84. The van der Waals surface area contributed by atoms with E-state index < -0.39 is 0 Å². The van der Waals surface area contributed by atoms with E-state index in [0.29, 0.717) is 12.5 Å². The van der Waals surface area contributed by atoms with Gasteiger partial charge in [-0.2, -0.15) is 0 Å². The SMILES string of the molecule is CCNc1ncnc(NCc2ccccn2)c1C(C)C. The van der Waals surface area contributed by atoms with Crippen molar-refractivity contribution in [1.82, 2.24) is 15.0 Å². The summed E-state index contributed by atoms with van der Waals surface area (Å²) in [5.41, 5.74) is 2.11. The first kappa shape index (κ1) is 14.2. The highest BCUT2D eigenvalue weighted by molar-refractivity contribution is 5.59. The summed E-state index contributed by atoms with van der Waals surface area (Å²) in [5.74, 6) is 2.12. The minimum atomic E-state index is 0.344. The number of hydrogen-bond donors (Lipinski definition) is 2. The summed E-state index contributed by atoms with van der Waals surface area (Å²) in [6.45, 7) is 7.85. The zero-order valence-corrected chi connectivity index (χ0v) is 12.2. The van der Waals surface area contributed by atoms with Crippen LogP contribution in [0.2, 0.25) is 0 Å². The molecule has 20 heavy (non-hydrogen) atoms. The van der Waals surface area contributed by atoms with Gasteiger partial charge >= 0.3 is 0 Å². The van der Waals surface area contributed by atoms with Gasteiger partial charge in [0.05, 0.1) is 12.2 Å². The fourth-order valence-electron chi connectivity index (χ4n) is 2.07. The molecular weight excluding hydrogens is 250 g/mol. The maximum Gasteiger partial charge on any atom is 0.135 e. The third-order valence-corrected chi connectivity index (χ3v) is 2.97. The molecule has 0 radical (unpaired) electrons. The van der Waals surface area contributed by atoms with E-state index in [4.69, 9.17) is 0 Å². The molecule has 0 unspecified atom stereocenters. The van der Waals surface area contributed by atoms with Gasteiger partial charge in [-0.05, 0) is 25.0 Å². The molecule has 0 saturated heterocycles. The van der Waals surface area contributed by atoms with Crippen molar-refractivity contribution >= 4 is 11.6 Å². The highest BCUT2D eigenvalue weighted by atomic mass is 15.1. The van der Waals surface area contributed by atoms with E-state index in [1.165, 1.54) is 0 Å². The molecule has 2 rings (SSSR count). The predicted molar refractivity (Wildman–Crippen MR) is 81.8 cm³/mol. The summed E-state index contributed by atoms with van der Waals surface area (Å²) in [4.78, 5) is 13.0. The maximum absolute atomic E-state index is 4.37. The topological polar surface area (TPSA) is 62.7 Å². The normalized spacial score (nSPS) is 10.6. The molecule has 0 aliphatic rings. The van der Waals surface area contributed by atoms with Crippen molar-refractivity contribution in [2.45, 2.75) is 33.2 Å². The molecule has 2 aromatic rings. The van der Waals surface area contributed by atoms with Crippen molar-refractivity contribution in [2.75, 3.05) is 17.2 Å². The van der Waals surface area contributed by atoms with E-state index >= 15 is 0 Å². The van der Waals surface area contributed by atoms with Gasteiger partial charge in [0.15, 0.2) is 0 Å². The van der Waals surface area contributed by atoms with E-state index in [9.17, 15) is 0 Å². The van der Waals surface area contributed by atoms with Crippen LogP contribution in [-0.4, -0.2) is 21.5 Å². The first-order chi connectivity index (χ1) is 9.72. The van der Waals surface area contributed by atoms with Gasteiger partial charge in [-0.25, -0.2) is 9.97 Å². The number of aromatic nitrogens is 3. The van der Waals surface area contributed by atoms with Crippen molar-refractivity contribution in [3.8, 4) is 0 Å². The molecule has 5 heteroatoms. The lowest BCUT2D eigenvalue weighted by Gasteiger charge is -2.17. The average molecular weight is 271 g/mol.